The second-order valence-electron chi connectivity index (χ2n) is 11.6. The molecule has 0 aliphatic carbocycles. The molecule has 2 aliphatic heterocycles. The number of fused-ring (bicyclic) bond motifs is 1. The summed E-state index contributed by atoms with van der Waals surface area (Å²) in [4.78, 5) is 35.2. The zero-order chi connectivity index (χ0) is 30.2. The number of nitrogens with one attached hydrogen (secondary N) is 1. The molecule has 1 aromatic heterocycles. The van der Waals surface area contributed by atoms with Gasteiger partial charge in [0.1, 0.15) is 0 Å². The maximum absolute atomic E-state index is 13.4. The van der Waals surface area contributed by atoms with Crippen LogP contribution in [0.3, 0.4) is 0 Å². The Morgan fingerprint density at radius 3 is 2.24 bits per heavy atom. The van der Waals surface area contributed by atoms with Crippen molar-refractivity contribution < 1.29 is 18.0 Å². The standard InChI is InChI=1S/C32H37ClN4O4S/c1-20-5-6-24(15-28(20)33)29(12-14-35-31(38)23-7-9-27(10-8-23)42(4,40)41)36-16-25-18-37(19-26(25)17-36)32(39)30-21(2)11-13-34-22(30)3/h5-11,13,15,25-26,29H,12,14,16-19H2,1-4H3,(H,35,38). The van der Waals surface area contributed by atoms with Gasteiger partial charge < -0.3 is 10.2 Å². The molecule has 0 bridgehead atoms. The molecule has 3 heterocycles. The molecule has 3 unspecified atom stereocenters. The largest absolute Gasteiger partial charge is 0.352 e. The van der Waals surface area contributed by atoms with Gasteiger partial charge in [0.2, 0.25) is 0 Å². The van der Waals surface area contributed by atoms with Gasteiger partial charge in [0.25, 0.3) is 11.8 Å². The topological polar surface area (TPSA) is 99.7 Å². The van der Waals surface area contributed by atoms with Crippen LogP contribution in [0.2, 0.25) is 5.02 Å². The van der Waals surface area contributed by atoms with E-state index >= 15 is 0 Å². The van der Waals surface area contributed by atoms with Crippen molar-refractivity contribution >= 4 is 33.3 Å². The van der Waals surface area contributed by atoms with Crippen LogP contribution in [0.25, 0.3) is 0 Å². The predicted molar refractivity (Wildman–Crippen MR) is 164 cm³/mol. The molecule has 42 heavy (non-hydrogen) atoms. The van der Waals surface area contributed by atoms with Gasteiger partial charge in [-0.2, -0.15) is 0 Å². The van der Waals surface area contributed by atoms with Crippen LogP contribution in [-0.4, -0.2) is 74.0 Å². The Balaban J connectivity index is 1.26. The number of carbonyl (C=O) groups is 2. The number of aryl methyl sites for hydroxylation is 3. The fraction of sp³-hybridized carbons (Fsp3) is 0.406. The average Bonchev–Trinajstić information content (AvgIpc) is 3.52. The summed E-state index contributed by atoms with van der Waals surface area (Å²) in [6.45, 7) is 9.42. The summed E-state index contributed by atoms with van der Waals surface area (Å²) in [5.74, 6) is 0.563. The molecule has 2 aromatic carbocycles. The number of nitrogens with zero attached hydrogens (tertiary/aromatic N) is 3. The highest BCUT2D eigenvalue weighted by atomic mass is 35.5. The minimum Gasteiger partial charge on any atom is -0.352 e. The van der Waals surface area contributed by atoms with Gasteiger partial charge in [-0.1, -0.05) is 23.7 Å². The first-order valence-corrected chi connectivity index (χ1v) is 16.5. The predicted octanol–water partition coefficient (Wildman–Crippen LogP) is 4.63. The molecule has 0 radical (unpaired) electrons. The second-order valence-corrected chi connectivity index (χ2v) is 14.1. The smallest absolute Gasteiger partial charge is 0.255 e. The van der Waals surface area contributed by atoms with Gasteiger partial charge in [0.05, 0.1) is 16.2 Å². The fourth-order valence-electron chi connectivity index (χ4n) is 6.28. The number of rotatable bonds is 8. The molecule has 10 heteroatoms. The third-order valence-corrected chi connectivity index (χ3v) is 10.2. The SMILES string of the molecule is Cc1ccc(C(CCNC(=O)c2ccc(S(C)(=O)=O)cc2)N2CC3CN(C(=O)c4c(C)ccnc4C)CC3C2)cc1Cl. The summed E-state index contributed by atoms with van der Waals surface area (Å²) in [6, 6.07) is 14.1. The molecule has 0 saturated carbocycles. The normalized spacial score (nSPS) is 19.5. The molecule has 5 rings (SSSR count). The highest BCUT2D eigenvalue weighted by Gasteiger charge is 2.44. The lowest BCUT2D eigenvalue weighted by Crippen LogP contribution is -2.36. The summed E-state index contributed by atoms with van der Waals surface area (Å²) in [6.07, 6.45) is 3.57. The molecule has 3 aromatic rings. The molecule has 222 valence electrons. The lowest BCUT2D eigenvalue weighted by molar-refractivity contribution is 0.0766. The van der Waals surface area contributed by atoms with Gasteiger partial charge in [0.15, 0.2) is 9.84 Å². The van der Waals surface area contributed by atoms with E-state index in [9.17, 15) is 18.0 Å². The zero-order valence-electron chi connectivity index (χ0n) is 24.4. The fourth-order valence-corrected chi connectivity index (χ4v) is 7.10. The van der Waals surface area contributed by atoms with Crippen molar-refractivity contribution in [2.45, 2.75) is 38.1 Å². The van der Waals surface area contributed by atoms with E-state index in [1.165, 1.54) is 24.3 Å². The van der Waals surface area contributed by atoms with Gasteiger partial charge in [-0.15, -0.1) is 0 Å². The Morgan fingerprint density at radius 2 is 1.64 bits per heavy atom. The van der Waals surface area contributed by atoms with Gasteiger partial charge in [-0.05, 0) is 92.1 Å². The van der Waals surface area contributed by atoms with Crippen LogP contribution in [0.15, 0.2) is 59.6 Å². The Kier molecular flexibility index (Phi) is 8.73. The molecule has 2 aliphatic rings. The minimum atomic E-state index is -3.33. The lowest BCUT2D eigenvalue weighted by Gasteiger charge is -2.30. The Morgan fingerprint density at radius 1 is 0.976 bits per heavy atom. The number of hydrogen-bond acceptors (Lipinski definition) is 6. The van der Waals surface area contributed by atoms with Gasteiger partial charge in [-0.25, -0.2) is 8.42 Å². The minimum absolute atomic E-state index is 0.0496. The van der Waals surface area contributed by atoms with Crippen molar-refractivity contribution in [3.8, 4) is 0 Å². The van der Waals surface area contributed by atoms with E-state index < -0.39 is 9.84 Å². The van der Waals surface area contributed by atoms with Crippen LogP contribution in [0, 0.1) is 32.6 Å². The molecule has 8 nitrogen and oxygen atoms in total. The van der Waals surface area contributed by atoms with E-state index in [-0.39, 0.29) is 22.8 Å². The number of halogens is 1. The Bertz CT molecular complexity index is 1570. The Hall–Kier alpha value is -3.27. The van der Waals surface area contributed by atoms with Crippen LogP contribution in [0.1, 0.15) is 55.6 Å². The highest BCUT2D eigenvalue weighted by molar-refractivity contribution is 7.90. The summed E-state index contributed by atoms with van der Waals surface area (Å²) in [5.41, 5.74) is 4.96. The first-order chi connectivity index (χ1) is 19.9. The van der Waals surface area contributed by atoms with Crippen LogP contribution < -0.4 is 5.32 Å². The van der Waals surface area contributed by atoms with E-state index in [1.807, 2.05) is 43.9 Å². The van der Waals surface area contributed by atoms with Crippen molar-refractivity contribution in [1.82, 2.24) is 20.1 Å². The van der Waals surface area contributed by atoms with Gasteiger partial charge in [-0.3, -0.25) is 19.5 Å². The number of amides is 2. The molecule has 1 N–H and O–H groups in total. The van der Waals surface area contributed by atoms with Crippen molar-refractivity contribution in [3.05, 3.63) is 93.3 Å². The monoisotopic (exact) mass is 608 g/mol. The maximum atomic E-state index is 13.4. The quantitative estimate of drug-likeness (QED) is 0.400. The number of sulfone groups is 1. The first kappa shape index (κ1) is 30.2. The number of hydrogen-bond donors (Lipinski definition) is 1. The lowest BCUT2D eigenvalue weighted by atomic mass is 10.0. The molecular formula is C32H37ClN4O4S. The maximum Gasteiger partial charge on any atom is 0.255 e. The number of carbonyl (C=O) groups excluding carboxylic acids is 2. The third kappa shape index (κ3) is 6.38. The van der Waals surface area contributed by atoms with E-state index in [4.69, 9.17) is 11.6 Å². The number of likely N-dealkylation sites (tertiary alicyclic amines) is 2. The summed E-state index contributed by atoms with van der Waals surface area (Å²) in [5, 5.41) is 3.71. The van der Waals surface area contributed by atoms with Gasteiger partial charge in [0, 0.05) is 61.8 Å². The van der Waals surface area contributed by atoms with E-state index in [0.717, 1.165) is 54.8 Å². The second kappa shape index (κ2) is 12.1. The van der Waals surface area contributed by atoms with Crippen molar-refractivity contribution in [2.24, 2.45) is 11.8 Å². The summed E-state index contributed by atoms with van der Waals surface area (Å²) < 4.78 is 23.5. The zero-order valence-corrected chi connectivity index (χ0v) is 26.0. The van der Waals surface area contributed by atoms with Crippen molar-refractivity contribution in [1.29, 1.82) is 0 Å². The van der Waals surface area contributed by atoms with Crippen LogP contribution in [0.4, 0.5) is 0 Å². The van der Waals surface area contributed by atoms with E-state index in [0.29, 0.717) is 41.0 Å². The van der Waals surface area contributed by atoms with E-state index in [1.54, 1.807) is 6.20 Å². The number of aromatic nitrogens is 1. The van der Waals surface area contributed by atoms with E-state index in [2.05, 4.69) is 21.3 Å². The third-order valence-electron chi connectivity index (χ3n) is 8.63. The summed E-state index contributed by atoms with van der Waals surface area (Å²) >= 11 is 6.53. The summed E-state index contributed by atoms with van der Waals surface area (Å²) in [7, 11) is -3.33. The van der Waals surface area contributed by atoms with Gasteiger partial charge >= 0.3 is 0 Å². The average molecular weight is 609 g/mol. The number of pyridine rings is 1. The molecule has 0 spiro atoms. The number of benzene rings is 2. The molecular weight excluding hydrogens is 572 g/mol. The van der Waals surface area contributed by atoms with Crippen molar-refractivity contribution in [2.75, 3.05) is 39.0 Å². The van der Waals surface area contributed by atoms with Crippen LogP contribution >= 0.6 is 11.6 Å². The molecule has 2 fully saturated rings. The molecule has 3 atom stereocenters. The molecule has 2 amide bonds. The molecule has 2 saturated heterocycles. The van der Waals surface area contributed by atoms with Crippen molar-refractivity contribution in [3.63, 3.8) is 0 Å². The Labute approximate surface area is 253 Å². The van der Waals surface area contributed by atoms with Crippen LogP contribution in [-0.2, 0) is 9.84 Å². The van der Waals surface area contributed by atoms with Crippen LogP contribution in [0.5, 0.6) is 0 Å². The highest BCUT2D eigenvalue weighted by Crippen LogP contribution is 2.38. The first-order valence-electron chi connectivity index (χ1n) is 14.2.